The molecule has 0 aromatic heterocycles. The molecule has 0 fully saturated rings. The fourth-order valence-electron chi connectivity index (χ4n) is 0.504. The smallest absolute Gasteiger partial charge is 0.0687 e. The molecule has 0 aliphatic rings. The van der Waals surface area contributed by atoms with Gasteiger partial charge in [0.1, 0.15) is 0 Å². The first kappa shape index (κ1) is 7.92. The van der Waals surface area contributed by atoms with Gasteiger partial charge >= 0.3 is 0 Å². The van der Waals surface area contributed by atoms with Crippen molar-refractivity contribution in [2.75, 3.05) is 6.54 Å². The quantitative estimate of drug-likeness (QED) is 0.560. The van der Waals surface area contributed by atoms with Gasteiger partial charge in [0, 0.05) is 6.54 Å². The summed E-state index contributed by atoms with van der Waals surface area (Å²) in [7, 11) is 0. The Balaban J connectivity index is 3.29. The lowest BCUT2D eigenvalue weighted by molar-refractivity contribution is 0.122. The molecule has 0 aliphatic carbocycles. The van der Waals surface area contributed by atoms with Crippen molar-refractivity contribution in [3.8, 4) is 0 Å². The molecule has 0 bridgehead atoms. The van der Waals surface area contributed by atoms with Crippen molar-refractivity contribution in [3.05, 3.63) is 0 Å². The van der Waals surface area contributed by atoms with Crippen molar-refractivity contribution >= 4 is 0 Å². The maximum absolute atomic E-state index is 9.00. The van der Waals surface area contributed by atoms with Gasteiger partial charge < -0.3 is 10.8 Å². The SMILES string of the molecule is CCC(C)C(O)CN. The summed E-state index contributed by atoms with van der Waals surface area (Å²) < 4.78 is 0. The summed E-state index contributed by atoms with van der Waals surface area (Å²) in [6, 6.07) is 0. The molecule has 2 atom stereocenters. The van der Waals surface area contributed by atoms with Crippen LogP contribution in [0.25, 0.3) is 0 Å². The van der Waals surface area contributed by atoms with Gasteiger partial charge in [0.15, 0.2) is 0 Å². The van der Waals surface area contributed by atoms with E-state index in [1.54, 1.807) is 0 Å². The highest BCUT2D eigenvalue weighted by atomic mass is 16.3. The highest BCUT2D eigenvalue weighted by molar-refractivity contribution is 4.61. The van der Waals surface area contributed by atoms with Crippen LogP contribution in [0.15, 0.2) is 0 Å². The van der Waals surface area contributed by atoms with E-state index >= 15 is 0 Å². The van der Waals surface area contributed by atoms with Gasteiger partial charge in [-0.2, -0.15) is 0 Å². The summed E-state index contributed by atoms with van der Waals surface area (Å²) in [6.45, 7) is 4.43. The number of nitrogens with two attached hydrogens (primary N) is 1. The maximum atomic E-state index is 9.00. The van der Waals surface area contributed by atoms with E-state index in [-0.39, 0.29) is 6.10 Å². The maximum Gasteiger partial charge on any atom is 0.0687 e. The standard InChI is InChI=1S/C6H15NO/c1-3-5(2)6(8)4-7/h5-6,8H,3-4,7H2,1-2H3. The number of hydrogen-bond acceptors (Lipinski definition) is 2. The Morgan fingerprint density at radius 3 is 2.25 bits per heavy atom. The Morgan fingerprint density at radius 1 is 1.62 bits per heavy atom. The van der Waals surface area contributed by atoms with Crippen LogP contribution < -0.4 is 5.73 Å². The van der Waals surface area contributed by atoms with Crippen molar-refractivity contribution < 1.29 is 5.11 Å². The molecule has 0 radical (unpaired) electrons. The fourth-order valence-corrected chi connectivity index (χ4v) is 0.504. The van der Waals surface area contributed by atoms with Crippen molar-refractivity contribution in [1.29, 1.82) is 0 Å². The van der Waals surface area contributed by atoms with Gasteiger partial charge in [-0.15, -0.1) is 0 Å². The van der Waals surface area contributed by atoms with Crippen LogP contribution in [0.1, 0.15) is 20.3 Å². The Morgan fingerprint density at radius 2 is 2.12 bits per heavy atom. The fraction of sp³-hybridized carbons (Fsp3) is 1.00. The Bertz CT molecular complexity index is 48.5. The van der Waals surface area contributed by atoms with Gasteiger partial charge in [-0.05, 0) is 5.92 Å². The van der Waals surface area contributed by atoms with Crippen LogP contribution in [0.2, 0.25) is 0 Å². The van der Waals surface area contributed by atoms with Crippen LogP contribution in [0.3, 0.4) is 0 Å². The van der Waals surface area contributed by atoms with Gasteiger partial charge in [-0.25, -0.2) is 0 Å². The van der Waals surface area contributed by atoms with E-state index in [9.17, 15) is 0 Å². The average molecular weight is 117 g/mol. The molecule has 0 saturated carbocycles. The summed E-state index contributed by atoms with van der Waals surface area (Å²) in [6.07, 6.45) is 0.693. The summed E-state index contributed by atoms with van der Waals surface area (Å²) in [5.41, 5.74) is 5.20. The van der Waals surface area contributed by atoms with Crippen LogP contribution >= 0.6 is 0 Å². The minimum Gasteiger partial charge on any atom is -0.392 e. The summed E-state index contributed by atoms with van der Waals surface area (Å²) in [4.78, 5) is 0. The lowest BCUT2D eigenvalue weighted by Crippen LogP contribution is -2.26. The first-order valence-electron chi connectivity index (χ1n) is 3.10. The molecule has 0 aromatic carbocycles. The highest BCUT2D eigenvalue weighted by Crippen LogP contribution is 2.04. The van der Waals surface area contributed by atoms with Crippen molar-refractivity contribution in [2.45, 2.75) is 26.4 Å². The number of aliphatic hydroxyl groups excluding tert-OH is 1. The number of rotatable bonds is 3. The molecule has 2 unspecified atom stereocenters. The predicted molar refractivity (Wildman–Crippen MR) is 34.5 cm³/mol. The van der Waals surface area contributed by atoms with Gasteiger partial charge in [0.2, 0.25) is 0 Å². The van der Waals surface area contributed by atoms with Crippen molar-refractivity contribution in [1.82, 2.24) is 0 Å². The third kappa shape index (κ3) is 2.28. The Kier molecular flexibility index (Phi) is 3.83. The molecule has 0 aromatic rings. The second kappa shape index (κ2) is 3.87. The second-order valence-electron chi connectivity index (χ2n) is 2.19. The van der Waals surface area contributed by atoms with E-state index in [1.807, 2.05) is 13.8 Å². The van der Waals surface area contributed by atoms with Crippen LogP contribution in [0, 0.1) is 5.92 Å². The minimum atomic E-state index is -0.306. The first-order chi connectivity index (χ1) is 3.72. The zero-order chi connectivity index (χ0) is 6.57. The molecule has 2 nitrogen and oxygen atoms in total. The molecule has 2 heteroatoms. The molecular formula is C6H15NO. The normalized spacial score (nSPS) is 18.0. The zero-order valence-corrected chi connectivity index (χ0v) is 5.59. The summed E-state index contributed by atoms with van der Waals surface area (Å²) in [5.74, 6) is 0.347. The lowest BCUT2D eigenvalue weighted by atomic mass is 10.0. The van der Waals surface area contributed by atoms with Crippen molar-refractivity contribution in [3.63, 3.8) is 0 Å². The molecule has 50 valence electrons. The highest BCUT2D eigenvalue weighted by Gasteiger charge is 2.07. The van der Waals surface area contributed by atoms with Crippen LogP contribution in [-0.4, -0.2) is 17.8 Å². The predicted octanol–water partition coefficient (Wildman–Crippen LogP) is 0.352. The molecule has 0 amide bonds. The van der Waals surface area contributed by atoms with Gasteiger partial charge in [0.05, 0.1) is 6.10 Å². The first-order valence-corrected chi connectivity index (χ1v) is 3.10. The Hall–Kier alpha value is -0.0800. The summed E-state index contributed by atoms with van der Waals surface area (Å²) in [5, 5.41) is 9.00. The van der Waals surface area contributed by atoms with Crippen LogP contribution in [0.4, 0.5) is 0 Å². The van der Waals surface area contributed by atoms with E-state index in [2.05, 4.69) is 0 Å². The van der Waals surface area contributed by atoms with E-state index in [1.165, 1.54) is 0 Å². The van der Waals surface area contributed by atoms with Gasteiger partial charge in [0.25, 0.3) is 0 Å². The third-order valence-electron chi connectivity index (χ3n) is 1.54. The lowest BCUT2D eigenvalue weighted by Gasteiger charge is -2.13. The van der Waals surface area contributed by atoms with E-state index in [0.29, 0.717) is 12.5 Å². The molecular weight excluding hydrogens is 102 g/mol. The molecule has 8 heavy (non-hydrogen) atoms. The van der Waals surface area contributed by atoms with E-state index < -0.39 is 0 Å². The van der Waals surface area contributed by atoms with Gasteiger partial charge in [-0.3, -0.25) is 0 Å². The molecule has 0 saturated heterocycles. The average Bonchev–Trinajstić information content (AvgIpc) is 1.84. The van der Waals surface area contributed by atoms with Crippen molar-refractivity contribution in [2.24, 2.45) is 11.7 Å². The topological polar surface area (TPSA) is 46.2 Å². The van der Waals surface area contributed by atoms with E-state index in [4.69, 9.17) is 10.8 Å². The number of aliphatic hydroxyl groups is 1. The number of hydrogen-bond donors (Lipinski definition) is 2. The van der Waals surface area contributed by atoms with Crippen LogP contribution in [-0.2, 0) is 0 Å². The molecule has 0 spiro atoms. The third-order valence-corrected chi connectivity index (χ3v) is 1.54. The molecule has 3 N–H and O–H groups in total. The summed E-state index contributed by atoms with van der Waals surface area (Å²) >= 11 is 0. The largest absolute Gasteiger partial charge is 0.392 e. The Labute approximate surface area is 50.7 Å². The molecule has 0 aliphatic heterocycles. The monoisotopic (exact) mass is 117 g/mol. The van der Waals surface area contributed by atoms with Crippen LogP contribution in [0.5, 0.6) is 0 Å². The van der Waals surface area contributed by atoms with Gasteiger partial charge in [-0.1, -0.05) is 20.3 Å². The zero-order valence-electron chi connectivity index (χ0n) is 5.59. The second-order valence-corrected chi connectivity index (χ2v) is 2.19. The van der Waals surface area contributed by atoms with E-state index in [0.717, 1.165) is 6.42 Å². The molecule has 0 rings (SSSR count). The minimum absolute atomic E-state index is 0.306. The molecule has 0 heterocycles.